The van der Waals surface area contributed by atoms with Crippen LogP contribution in [0.15, 0.2) is 4.52 Å². The van der Waals surface area contributed by atoms with E-state index in [1.165, 1.54) is 11.3 Å². The average molecular weight is 391 g/mol. The van der Waals surface area contributed by atoms with E-state index in [0.717, 1.165) is 5.13 Å². The van der Waals surface area contributed by atoms with Gasteiger partial charge in [0.25, 0.3) is 5.91 Å². The molecule has 0 saturated carbocycles. The van der Waals surface area contributed by atoms with Crippen LogP contribution in [0.4, 0.5) is 18.3 Å². The number of aromatic nitrogens is 3. The van der Waals surface area contributed by atoms with Crippen LogP contribution in [0.25, 0.3) is 0 Å². The Morgan fingerprint density at radius 3 is 2.69 bits per heavy atom. The number of anilines is 1. The number of halogens is 3. The number of alkyl halides is 3. The van der Waals surface area contributed by atoms with Gasteiger partial charge in [-0.3, -0.25) is 4.79 Å². The monoisotopic (exact) mass is 391 g/mol. The molecule has 1 aliphatic heterocycles. The quantitative estimate of drug-likeness (QED) is 0.829. The van der Waals surface area contributed by atoms with Gasteiger partial charge in [-0.1, -0.05) is 16.5 Å². The molecule has 1 fully saturated rings. The largest absolute Gasteiger partial charge is 0.471 e. The third-order valence-electron chi connectivity index (χ3n) is 3.62. The van der Waals surface area contributed by atoms with Gasteiger partial charge < -0.3 is 19.5 Å². The Hall–Kier alpha value is -2.21. The summed E-state index contributed by atoms with van der Waals surface area (Å²) in [6.45, 7) is 4.49. The third-order valence-corrected chi connectivity index (χ3v) is 4.83. The van der Waals surface area contributed by atoms with Gasteiger partial charge in [0, 0.05) is 26.1 Å². The summed E-state index contributed by atoms with van der Waals surface area (Å²) in [5.74, 6) is -1.85. The fourth-order valence-corrected chi connectivity index (χ4v) is 3.36. The van der Waals surface area contributed by atoms with Gasteiger partial charge in [-0.2, -0.15) is 18.2 Å². The second-order valence-electron chi connectivity index (χ2n) is 5.53. The first-order valence-electron chi connectivity index (χ1n) is 7.82. The molecule has 8 nitrogen and oxygen atoms in total. The van der Waals surface area contributed by atoms with Crippen molar-refractivity contribution in [2.45, 2.75) is 19.5 Å². The Balaban J connectivity index is 1.55. The van der Waals surface area contributed by atoms with Crippen LogP contribution in [-0.4, -0.2) is 53.9 Å². The molecule has 0 aliphatic carbocycles. The summed E-state index contributed by atoms with van der Waals surface area (Å²) in [5, 5.41) is 6.64. The van der Waals surface area contributed by atoms with Gasteiger partial charge in [0.1, 0.15) is 4.88 Å². The minimum absolute atomic E-state index is 0.0273. The summed E-state index contributed by atoms with van der Waals surface area (Å²) in [7, 11) is 0. The molecule has 0 radical (unpaired) electrons. The molecule has 0 aromatic carbocycles. The first-order valence-corrected chi connectivity index (χ1v) is 8.64. The van der Waals surface area contributed by atoms with Crippen LogP contribution in [0.5, 0.6) is 0 Å². The topological polar surface area (TPSA) is 93.4 Å². The number of nitrogens with zero attached hydrogens (tertiary/aromatic N) is 4. The number of carbonyl (C=O) groups excluding carboxylic acids is 1. The number of carbonyl (C=O) groups is 1. The lowest BCUT2D eigenvalue weighted by Gasteiger charge is -2.25. The molecule has 1 saturated heterocycles. The Morgan fingerprint density at radius 1 is 1.31 bits per heavy atom. The molecule has 1 aliphatic rings. The van der Waals surface area contributed by atoms with Gasteiger partial charge in [0.2, 0.25) is 0 Å². The van der Waals surface area contributed by atoms with E-state index in [9.17, 15) is 18.0 Å². The number of amides is 1. The fraction of sp³-hybridized carbons (Fsp3) is 0.571. The normalized spacial score (nSPS) is 15.3. The summed E-state index contributed by atoms with van der Waals surface area (Å²) >= 11 is 1.28. The Bertz CT molecular complexity index is 770. The zero-order chi connectivity index (χ0) is 18.7. The van der Waals surface area contributed by atoms with Gasteiger partial charge in [0.15, 0.2) is 11.0 Å². The molecule has 26 heavy (non-hydrogen) atoms. The molecule has 0 bridgehead atoms. The van der Waals surface area contributed by atoms with Crippen molar-refractivity contribution in [2.24, 2.45) is 0 Å². The maximum absolute atomic E-state index is 12.4. The second-order valence-corrected chi connectivity index (χ2v) is 6.51. The van der Waals surface area contributed by atoms with Crippen LogP contribution >= 0.6 is 11.3 Å². The highest BCUT2D eigenvalue weighted by Gasteiger charge is 2.38. The van der Waals surface area contributed by atoms with Crippen molar-refractivity contribution in [3.63, 3.8) is 0 Å². The van der Waals surface area contributed by atoms with Crippen molar-refractivity contribution in [2.75, 3.05) is 37.7 Å². The number of hydrogen-bond acceptors (Lipinski definition) is 8. The molecule has 1 amide bonds. The van der Waals surface area contributed by atoms with Crippen LogP contribution in [0, 0.1) is 6.92 Å². The Morgan fingerprint density at radius 2 is 2.04 bits per heavy atom. The molecular weight excluding hydrogens is 375 g/mol. The first kappa shape index (κ1) is 18.6. The number of hydrogen-bond donors (Lipinski definition) is 1. The standard InChI is InChI=1S/C14H16F3N5O3S/c1-8-10(26-13(19-8)22-4-6-24-7-5-22)11(23)18-3-2-9-20-12(25-21-9)14(15,16)17/h2-7H2,1H3,(H,18,23). The van der Waals surface area contributed by atoms with Crippen LogP contribution in [0.1, 0.15) is 27.1 Å². The van der Waals surface area contributed by atoms with Gasteiger partial charge in [-0.15, -0.1) is 0 Å². The van der Waals surface area contributed by atoms with E-state index in [1.54, 1.807) is 6.92 Å². The molecule has 0 unspecified atom stereocenters. The van der Waals surface area contributed by atoms with E-state index in [2.05, 4.69) is 29.9 Å². The maximum atomic E-state index is 12.4. The van der Waals surface area contributed by atoms with Crippen LogP contribution in [-0.2, 0) is 17.3 Å². The van der Waals surface area contributed by atoms with Gasteiger partial charge in [-0.25, -0.2) is 4.98 Å². The van der Waals surface area contributed by atoms with Crippen LogP contribution in [0.3, 0.4) is 0 Å². The maximum Gasteiger partial charge on any atom is 0.471 e. The van der Waals surface area contributed by atoms with Crippen molar-refractivity contribution >= 4 is 22.4 Å². The van der Waals surface area contributed by atoms with Gasteiger partial charge in [-0.05, 0) is 6.92 Å². The highest BCUT2D eigenvalue weighted by molar-refractivity contribution is 7.17. The Labute approximate surface area is 150 Å². The predicted octanol–water partition coefficient (Wildman–Crippen LogP) is 1.66. The molecule has 2 aromatic rings. The third kappa shape index (κ3) is 4.30. The number of ether oxygens (including phenoxy) is 1. The highest BCUT2D eigenvalue weighted by atomic mass is 32.1. The number of aryl methyl sites for hydroxylation is 1. The Kier molecular flexibility index (Phi) is 5.41. The lowest BCUT2D eigenvalue weighted by molar-refractivity contribution is -0.159. The van der Waals surface area contributed by atoms with Gasteiger partial charge in [0.05, 0.1) is 18.9 Å². The summed E-state index contributed by atoms with van der Waals surface area (Å²) < 4.78 is 46.6. The smallest absolute Gasteiger partial charge is 0.378 e. The molecule has 12 heteroatoms. The minimum atomic E-state index is -4.68. The minimum Gasteiger partial charge on any atom is -0.378 e. The number of morpholine rings is 1. The van der Waals surface area contributed by atoms with Crippen molar-refractivity contribution < 1.29 is 27.2 Å². The van der Waals surface area contributed by atoms with Gasteiger partial charge >= 0.3 is 12.1 Å². The average Bonchev–Trinajstić information content (AvgIpc) is 3.22. The molecule has 3 rings (SSSR count). The van der Waals surface area contributed by atoms with E-state index in [0.29, 0.717) is 36.9 Å². The summed E-state index contributed by atoms with van der Waals surface area (Å²) in [6, 6.07) is 0. The van der Waals surface area contributed by atoms with E-state index in [4.69, 9.17) is 4.74 Å². The molecular formula is C14H16F3N5O3S. The summed E-state index contributed by atoms with van der Waals surface area (Å²) in [5.41, 5.74) is 0.605. The number of nitrogens with one attached hydrogen (secondary N) is 1. The molecule has 3 heterocycles. The van der Waals surface area contributed by atoms with Crippen molar-refractivity contribution in [3.05, 3.63) is 22.3 Å². The van der Waals surface area contributed by atoms with Crippen molar-refractivity contribution in [1.29, 1.82) is 0 Å². The molecule has 1 N–H and O–H groups in total. The lowest BCUT2D eigenvalue weighted by atomic mass is 10.3. The van der Waals surface area contributed by atoms with Crippen LogP contribution in [0.2, 0.25) is 0 Å². The predicted molar refractivity (Wildman–Crippen MR) is 85.2 cm³/mol. The lowest BCUT2D eigenvalue weighted by Crippen LogP contribution is -2.36. The van der Waals surface area contributed by atoms with Crippen LogP contribution < -0.4 is 10.2 Å². The fourth-order valence-electron chi connectivity index (χ4n) is 2.32. The molecule has 0 spiro atoms. The van der Waals surface area contributed by atoms with Crippen molar-refractivity contribution in [1.82, 2.24) is 20.4 Å². The SMILES string of the molecule is Cc1nc(N2CCOCC2)sc1C(=O)NCCc1noc(C(F)(F)F)n1. The van der Waals surface area contributed by atoms with E-state index < -0.39 is 12.1 Å². The zero-order valence-electron chi connectivity index (χ0n) is 13.8. The molecule has 2 aromatic heterocycles. The van der Waals surface area contributed by atoms with E-state index >= 15 is 0 Å². The van der Waals surface area contributed by atoms with Crippen molar-refractivity contribution in [3.8, 4) is 0 Å². The highest BCUT2D eigenvalue weighted by Crippen LogP contribution is 2.28. The number of thiazole rings is 1. The van der Waals surface area contributed by atoms with E-state index in [1.807, 2.05) is 0 Å². The van der Waals surface area contributed by atoms with E-state index in [-0.39, 0.29) is 24.7 Å². The first-order chi connectivity index (χ1) is 12.3. The summed E-state index contributed by atoms with van der Waals surface area (Å²) in [6.07, 6.45) is -4.65. The second kappa shape index (κ2) is 7.58. The zero-order valence-corrected chi connectivity index (χ0v) is 14.6. The number of rotatable bonds is 5. The molecule has 0 atom stereocenters. The molecule has 142 valence electrons. The summed E-state index contributed by atoms with van der Waals surface area (Å²) in [4.78, 5) is 22.5.